The van der Waals surface area contributed by atoms with E-state index in [0.29, 0.717) is 48.0 Å². The van der Waals surface area contributed by atoms with Crippen molar-refractivity contribution in [3.63, 3.8) is 0 Å². The summed E-state index contributed by atoms with van der Waals surface area (Å²) in [6.07, 6.45) is 3.95. The molecule has 6 rings (SSSR count). The minimum absolute atomic E-state index is 0.0714. The highest BCUT2D eigenvalue weighted by Gasteiger charge is 2.89. The number of esters is 2. The van der Waals surface area contributed by atoms with Crippen LogP contribution in [0.3, 0.4) is 0 Å². The Balaban J connectivity index is 1.33. The van der Waals surface area contributed by atoms with Crippen LogP contribution < -0.4 is 0 Å². The van der Waals surface area contributed by atoms with Crippen molar-refractivity contribution in [2.24, 2.45) is 69.5 Å². The van der Waals surface area contributed by atoms with Crippen LogP contribution in [0.2, 0.25) is 0 Å². The van der Waals surface area contributed by atoms with E-state index in [-0.39, 0.29) is 46.1 Å². The lowest BCUT2D eigenvalue weighted by atomic mass is 9.67. The van der Waals surface area contributed by atoms with E-state index < -0.39 is 0 Å². The zero-order chi connectivity index (χ0) is 23.4. The maximum atomic E-state index is 14.0. The molecule has 0 spiro atoms. The zero-order valence-electron chi connectivity index (χ0n) is 21.4. The lowest BCUT2D eigenvalue weighted by Crippen LogP contribution is -2.40. The highest BCUT2D eigenvalue weighted by atomic mass is 16.6. The Kier molecular flexibility index (Phi) is 4.95. The smallest absolute Gasteiger partial charge is 0.313 e. The second-order valence-corrected chi connectivity index (χ2v) is 14.5. The minimum Gasteiger partial charge on any atom is -0.465 e. The van der Waals surface area contributed by atoms with Crippen molar-refractivity contribution in [3.05, 3.63) is 0 Å². The SMILES string of the molecule is CC(C)COC(=O)C1CC2CC(OC(=O)C34C5CC(C(C(C)(C)C)C53)C4C(C)(C)C)C1C2. The Hall–Kier alpha value is -1.06. The van der Waals surface area contributed by atoms with Gasteiger partial charge in [-0.3, -0.25) is 9.59 Å². The van der Waals surface area contributed by atoms with Gasteiger partial charge in [-0.25, -0.2) is 0 Å². The van der Waals surface area contributed by atoms with Gasteiger partial charge in [0, 0.05) is 5.92 Å². The molecule has 6 fully saturated rings. The van der Waals surface area contributed by atoms with Crippen LogP contribution in [0, 0.1) is 69.5 Å². The van der Waals surface area contributed by atoms with Crippen molar-refractivity contribution in [1.29, 1.82) is 0 Å². The number of carbonyl (C=O) groups excluding carboxylic acids is 2. The summed E-state index contributed by atoms with van der Waals surface area (Å²) in [5.41, 5.74) is 0.0607. The molecule has 0 radical (unpaired) electrons. The van der Waals surface area contributed by atoms with Gasteiger partial charge in [0.05, 0.1) is 17.9 Å². The standard InChI is InChI=1S/C28H44O4/c1-14(2)13-31-24(29)17-10-15-9-16(17)20(11-15)32-25(30)28-19-12-18(23(28)27(6,7)8)21(22(19)28)26(3,4)5/h14-23H,9-13H2,1-8H3. The van der Waals surface area contributed by atoms with Gasteiger partial charge in [0.1, 0.15) is 6.10 Å². The fourth-order valence-electron chi connectivity index (χ4n) is 9.48. The van der Waals surface area contributed by atoms with Crippen LogP contribution in [-0.2, 0) is 19.1 Å². The van der Waals surface area contributed by atoms with Gasteiger partial charge >= 0.3 is 11.9 Å². The van der Waals surface area contributed by atoms with E-state index in [1.807, 2.05) is 0 Å². The first kappa shape index (κ1) is 22.7. The largest absolute Gasteiger partial charge is 0.465 e. The third kappa shape index (κ3) is 3.06. The molecule has 10 unspecified atom stereocenters. The fraction of sp³-hybridized carbons (Fsp3) is 0.929. The molecule has 4 heteroatoms. The molecule has 6 saturated carbocycles. The lowest BCUT2D eigenvalue weighted by molar-refractivity contribution is -0.168. The van der Waals surface area contributed by atoms with Gasteiger partial charge in [-0.1, -0.05) is 55.4 Å². The molecule has 0 saturated heterocycles. The molecule has 180 valence electrons. The van der Waals surface area contributed by atoms with E-state index in [1.54, 1.807) is 0 Å². The Labute approximate surface area is 194 Å². The van der Waals surface area contributed by atoms with Gasteiger partial charge in [-0.15, -0.1) is 0 Å². The fourth-order valence-corrected chi connectivity index (χ4v) is 9.48. The average Bonchev–Trinajstić information content (AvgIpc) is 3.25. The molecule has 0 aliphatic heterocycles. The first-order valence-electron chi connectivity index (χ1n) is 13.2. The van der Waals surface area contributed by atoms with Gasteiger partial charge < -0.3 is 9.47 Å². The van der Waals surface area contributed by atoms with E-state index in [1.165, 1.54) is 6.42 Å². The van der Waals surface area contributed by atoms with Crippen LogP contribution in [0.4, 0.5) is 0 Å². The second-order valence-electron chi connectivity index (χ2n) is 14.5. The van der Waals surface area contributed by atoms with Crippen LogP contribution in [-0.4, -0.2) is 24.6 Å². The molecule has 6 aliphatic rings. The third-order valence-corrected chi connectivity index (χ3v) is 9.97. The van der Waals surface area contributed by atoms with E-state index >= 15 is 0 Å². The summed E-state index contributed by atoms with van der Waals surface area (Å²) < 4.78 is 12.0. The van der Waals surface area contributed by atoms with E-state index in [2.05, 4.69) is 55.4 Å². The molecular weight excluding hydrogens is 400 g/mol. The maximum absolute atomic E-state index is 14.0. The molecule has 0 aromatic carbocycles. The molecule has 4 nitrogen and oxygen atoms in total. The van der Waals surface area contributed by atoms with E-state index in [9.17, 15) is 9.59 Å². The van der Waals surface area contributed by atoms with Crippen LogP contribution in [0.25, 0.3) is 0 Å². The molecule has 0 aromatic rings. The van der Waals surface area contributed by atoms with Crippen molar-refractivity contribution in [2.45, 2.75) is 87.2 Å². The molecule has 0 N–H and O–H groups in total. The van der Waals surface area contributed by atoms with Gasteiger partial charge in [0.15, 0.2) is 0 Å². The highest BCUT2D eigenvalue weighted by Crippen LogP contribution is 2.88. The van der Waals surface area contributed by atoms with Crippen LogP contribution in [0.15, 0.2) is 0 Å². The number of fused-ring (bicyclic) bond motifs is 2. The number of hydrogen-bond acceptors (Lipinski definition) is 4. The summed E-state index contributed by atoms with van der Waals surface area (Å²) in [5.74, 6) is 3.58. The summed E-state index contributed by atoms with van der Waals surface area (Å²) >= 11 is 0. The van der Waals surface area contributed by atoms with Crippen LogP contribution in [0.5, 0.6) is 0 Å². The van der Waals surface area contributed by atoms with Gasteiger partial charge in [0.25, 0.3) is 0 Å². The molecule has 6 aliphatic carbocycles. The third-order valence-electron chi connectivity index (χ3n) is 9.97. The second kappa shape index (κ2) is 6.98. The zero-order valence-corrected chi connectivity index (χ0v) is 21.4. The molecule has 10 atom stereocenters. The summed E-state index contributed by atoms with van der Waals surface area (Å²) in [6.45, 7) is 18.6. The highest BCUT2D eigenvalue weighted by molar-refractivity contribution is 5.85. The molecular formula is C28H44O4. The van der Waals surface area contributed by atoms with Crippen molar-refractivity contribution in [3.8, 4) is 0 Å². The van der Waals surface area contributed by atoms with E-state index in [4.69, 9.17) is 9.47 Å². The van der Waals surface area contributed by atoms with Crippen molar-refractivity contribution in [1.82, 2.24) is 0 Å². The Morgan fingerprint density at radius 2 is 1.62 bits per heavy atom. The van der Waals surface area contributed by atoms with Crippen LogP contribution >= 0.6 is 0 Å². The number of hydrogen-bond donors (Lipinski definition) is 0. The Morgan fingerprint density at radius 3 is 2.19 bits per heavy atom. The number of ether oxygens (including phenoxy) is 2. The molecule has 0 amide bonds. The normalized spacial score (nSPS) is 46.1. The van der Waals surface area contributed by atoms with Crippen molar-refractivity contribution >= 4 is 11.9 Å². The summed E-state index contributed by atoms with van der Waals surface area (Å²) in [7, 11) is 0. The molecule has 0 aromatic heterocycles. The monoisotopic (exact) mass is 444 g/mol. The number of rotatable bonds is 5. The van der Waals surface area contributed by atoms with Crippen molar-refractivity contribution < 1.29 is 19.1 Å². The predicted molar refractivity (Wildman–Crippen MR) is 123 cm³/mol. The lowest BCUT2D eigenvalue weighted by Gasteiger charge is -2.38. The first-order valence-corrected chi connectivity index (χ1v) is 13.2. The van der Waals surface area contributed by atoms with Gasteiger partial charge in [-0.2, -0.15) is 0 Å². The van der Waals surface area contributed by atoms with Gasteiger partial charge in [-0.05, 0) is 77.9 Å². The summed E-state index contributed by atoms with van der Waals surface area (Å²) in [5, 5.41) is 0. The average molecular weight is 445 g/mol. The number of carbonyl (C=O) groups is 2. The minimum atomic E-state index is -0.268. The maximum Gasteiger partial charge on any atom is 0.313 e. The van der Waals surface area contributed by atoms with Gasteiger partial charge in [0.2, 0.25) is 0 Å². The molecule has 6 bridgehead atoms. The first-order chi connectivity index (χ1) is 14.8. The molecule has 0 heterocycles. The molecule has 32 heavy (non-hydrogen) atoms. The summed E-state index contributed by atoms with van der Waals surface area (Å²) in [4.78, 5) is 26.7. The topological polar surface area (TPSA) is 52.6 Å². The van der Waals surface area contributed by atoms with E-state index in [0.717, 1.165) is 19.3 Å². The van der Waals surface area contributed by atoms with Crippen molar-refractivity contribution in [2.75, 3.05) is 6.61 Å². The predicted octanol–water partition coefficient (Wildman–Crippen LogP) is 5.73. The van der Waals surface area contributed by atoms with Crippen LogP contribution in [0.1, 0.15) is 81.1 Å². The summed E-state index contributed by atoms with van der Waals surface area (Å²) in [6, 6.07) is 0. The Morgan fingerprint density at radius 1 is 0.938 bits per heavy atom. The quantitative estimate of drug-likeness (QED) is 0.508. The Bertz CT molecular complexity index is 801.